The lowest BCUT2D eigenvalue weighted by atomic mass is 10.0. The number of aliphatic hydroxyl groups excluding tert-OH is 1. The van der Waals surface area contributed by atoms with Crippen molar-refractivity contribution in [3.63, 3.8) is 0 Å². The molecule has 364 valence electrons. The van der Waals surface area contributed by atoms with Gasteiger partial charge in [-0.1, -0.05) is 5.92 Å². The summed E-state index contributed by atoms with van der Waals surface area (Å²) in [7, 11) is 0. The first-order valence-corrected chi connectivity index (χ1v) is 20.5. The molecule has 0 rings (SSSR count). The number of ether oxygens (including phenoxy) is 6. The number of hydrogen-bond acceptors (Lipinski definition) is 16. The number of aliphatic hydroxyl groups is 1. The standard InChI is InChI=1S/C23H37NO8.C16H27NO6.C7H10O2/c1-15(25)17(13-11-16(26)12-14-18(27)30-21(2,3)4)24(19(28)31-22(5,6)7)20(29)32-23(8,9)10;1-11(19)12(9-8-10-18)17(13(20)22-15(2,3)4)14(21)23-16(5,6)7;1-5-6(8)9-7(2,3)4/h16-17,26H,11,13H2,1-10H3;10,12H,8-9H2,1-7H3;1H,2-4H3/t16?,17-;12-;/m00./s1. The Morgan fingerprint density at radius 2 is 0.781 bits per heavy atom. The van der Waals surface area contributed by atoms with Gasteiger partial charge in [0.25, 0.3) is 0 Å². The molecule has 64 heavy (non-hydrogen) atoms. The van der Waals surface area contributed by atoms with Crippen molar-refractivity contribution < 1.29 is 76.7 Å². The molecule has 3 atom stereocenters. The van der Waals surface area contributed by atoms with Gasteiger partial charge in [-0.2, -0.15) is 0 Å². The van der Waals surface area contributed by atoms with E-state index in [9.17, 15) is 48.3 Å². The molecule has 18 heteroatoms. The van der Waals surface area contributed by atoms with E-state index in [-0.39, 0.29) is 25.7 Å². The fourth-order valence-corrected chi connectivity index (χ4v) is 4.30. The fourth-order valence-electron chi connectivity index (χ4n) is 4.30. The Labute approximate surface area is 380 Å². The summed E-state index contributed by atoms with van der Waals surface area (Å²) in [6.07, 6.45) is -0.0889. The van der Waals surface area contributed by atoms with Crippen LogP contribution in [0.25, 0.3) is 0 Å². The van der Waals surface area contributed by atoms with Crippen LogP contribution in [-0.2, 0) is 52.4 Å². The summed E-state index contributed by atoms with van der Waals surface area (Å²) in [4.78, 5) is 108. The van der Waals surface area contributed by atoms with Gasteiger partial charge in [0.1, 0.15) is 58.1 Å². The van der Waals surface area contributed by atoms with Crippen LogP contribution in [-0.4, -0.2) is 121 Å². The first-order chi connectivity index (χ1) is 28.5. The maximum absolute atomic E-state index is 12.7. The van der Waals surface area contributed by atoms with E-state index in [0.717, 1.165) is 0 Å². The maximum atomic E-state index is 12.7. The lowest BCUT2D eigenvalue weighted by Gasteiger charge is -2.32. The molecule has 0 aliphatic heterocycles. The van der Waals surface area contributed by atoms with E-state index in [1.807, 2.05) is 5.92 Å². The van der Waals surface area contributed by atoms with Crippen molar-refractivity contribution in [1.82, 2.24) is 9.80 Å². The van der Waals surface area contributed by atoms with Crippen molar-refractivity contribution in [2.75, 3.05) is 0 Å². The highest BCUT2D eigenvalue weighted by Crippen LogP contribution is 2.22. The quantitative estimate of drug-likeness (QED) is 0.0728. The lowest BCUT2D eigenvalue weighted by Crippen LogP contribution is -2.51. The molecule has 0 heterocycles. The number of ketones is 2. The number of amides is 4. The van der Waals surface area contributed by atoms with Crippen LogP contribution in [0.5, 0.6) is 0 Å². The first kappa shape index (κ1) is 62.8. The molecule has 0 aromatic heterocycles. The van der Waals surface area contributed by atoms with Crippen LogP contribution in [0.2, 0.25) is 0 Å². The van der Waals surface area contributed by atoms with Gasteiger partial charge < -0.3 is 38.3 Å². The zero-order valence-electron chi connectivity index (χ0n) is 41.7. The van der Waals surface area contributed by atoms with Crippen molar-refractivity contribution in [1.29, 1.82) is 0 Å². The van der Waals surface area contributed by atoms with Crippen LogP contribution in [0.4, 0.5) is 19.2 Å². The maximum Gasteiger partial charge on any atom is 0.420 e. The average molecular weight is 911 g/mol. The number of rotatable bonds is 10. The monoisotopic (exact) mass is 911 g/mol. The Hall–Kier alpha value is -5.49. The summed E-state index contributed by atoms with van der Waals surface area (Å²) >= 11 is 0. The van der Waals surface area contributed by atoms with Gasteiger partial charge in [0.15, 0.2) is 11.6 Å². The Balaban J connectivity index is -0.00000101. The van der Waals surface area contributed by atoms with E-state index in [4.69, 9.17) is 34.8 Å². The molecule has 0 aliphatic carbocycles. The summed E-state index contributed by atoms with van der Waals surface area (Å²) in [6, 6.07) is -2.36. The normalized spacial score (nSPS) is 12.9. The minimum absolute atomic E-state index is 0.0251. The van der Waals surface area contributed by atoms with E-state index in [0.29, 0.717) is 16.1 Å². The molecule has 0 spiro atoms. The second-order valence-electron chi connectivity index (χ2n) is 20.2. The highest BCUT2D eigenvalue weighted by molar-refractivity contribution is 5.96. The molecule has 1 N–H and O–H groups in total. The number of nitrogens with zero attached hydrogens (tertiary/aromatic N) is 2. The van der Waals surface area contributed by atoms with E-state index >= 15 is 0 Å². The molecule has 0 saturated heterocycles. The largest absolute Gasteiger partial charge is 0.450 e. The van der Waals surface area contributed by atoms with Crippen LogP contribution < -0.4 is 0 Å². The van der Waals surface area contributed by atoms with Gasteiger partial charge in [-0.25, -0.2) is 38.6 Å². The Morgan fingerprint density at radius 1 is 0.500 bits per heavy atom. The van der Waals surface area contributed by atoms with E-state index < -0.39 is 99.7 Å². The number of Topliss-reactive ketones (excluding diaryl/α,β-unsaturated/α-hetero) is 2. The van der Waals surface area contributed by atoms with Crippen LogP contribution in [0.15, 0.2) is 0 Å². The predicted octanol–water partition coefficient (Wildman–Crippen LogP) is 7.66. The molecule has 0 fully saturated rings. The number of terminal acetylenes is 1. The van der Waals surface area contributed by atoms with Crippen molar-refractivity contribution in [3.8, 4) is 24.2 Å². The van der Waals surface area contributed by atoms with Gasteiger partial charge >= 0.3 is 36.3 Å². The summed E-state index contributed by atoms with van der Waals surface area (Å²) in [6.45, 7) is 32.4. The number of carbonyl (C=O) groups is 9. The molecule has 0 bridgehead atoms. The van der Waals surface area contributed by atoms with Crippen molar-refractivity contribution in [3.05, 3.63) is 0 Å². The molecule has 4 amide bonds. The SMILES string of the molecule is C#CC(=O)OC(C)(C)C.CC(=O)[C@H](CCC(O)C#CC(=O)OC(C)(C)C)N(C(=O)OC(C)(C)C)C(=O)OC(C)(C)C.CC(=O)[C@H](CCC=O)N(C(=O)OC(C)(C)C)C(=O)OC(C)(C)C. The molecule has 0 aliphatic rings. The Bertz CT molecular complexity index is 1670. The minimum atomic E-state index is -1.29. The van der Waals surface area contributed by atoms with Crippen LogP contribution in [0.1, 0.15) is 164 Å². The third kappa shape index (κ3) is 33.1. The number of carbonyl (C=O) groups excluding carboxylic acids is 9. The minimum Gasteiger partial charge on any atom is -0.450 e. The predicted molar refractivity (Wildman–Crippen MR) is 236 cm³/mol. The van der Waals surface area contributed by atoms with Gasteiger partial charge in [-0.15, -0.1) is 6.42 Å². The second-order valence-corrected chi connectivity index (χ2v) is 20.2. The molecular weight excluding hydrogens is 837 g/mol. The average Bonchev–Trinajstić information content (AvgIpc) is 3.02. The van der Waals surface area contributed by atoms with Crippen LogP contribution in [0.3, 0.4) is 0 Å². The molecular formula is C46H74N2O16. The van der Waals surface area contributed by atoms with Gasteiger partial charge in [0, 0.05) is 18.3 Å². The highest BCUT2D eigenvalue weighted by Gasteiger charge is 2.40. The Morgan fingerprint density at radius 3 is 1.02 bits per heavy atom. The van der Waals surface area contributed by atoms with E-state index in [2.05, 4.69) is 11.8 Å². The zero-order valence-corrected chi connectivity index (χ0v) is 41.7. The second kappa shape index (κ2) is 26.3. The van der Waals surface area contributed by atoms with Gasteiger partial charge in [-0.3, -0.25) is 9.59 Å². The van der Waals surface area contributed by atoms with E-state index in [1.165, 1.54) is 13.8 Å². The molecule has 0 aromatic rings. The number of hydrogen-bond donors (Lipinski definition) is 1. The lowest BCUT2D eigenvalue weighted by molar-refractivity contribution is -0.148. The molecule has 18 nitrogen and oxygen atoms in total. The van der Waals surface area contributed by atoms with Crippen LogP contribution in [0, 0.1) is 24.2 Å². The third-order valence-corrected chi connectivity index (χ3v) is 6.45. The first-order valence-electron chi connectivity index (χ1n) is 20.5. The van der Waals surface area contributed by atoms with E-state index in [1.54, 1.807) is 125 Å². The number of imide groups is 2. The Kier molecular flexibility index (Phi) is 25.8. The van der Waals surface area contributed by atoms with Gasteiger partial charge in [0.2, 0.25) is 0 Å². The summed E-state index contributed by atoms with van der Waals surface area (Å²) in [5.41, 5.74) is -4.72. The topological polar surface area (TPSA) is 236 Å². The zero-order chi connectivity index (χ0) is 51.4. The molecule has 1 unspecified atom stereocenters. The number of esters is 2. The smallest absolute Gasteiger partial charge is 0.420 e. The van der Waals surface area contributed by atoms with Crippen molar-refractivity contribution in [2.24, 2.45) is 0 Å². The fraction of sp³-hybridized carbons (Fsp3) is 0.717. The molecule has 0 aromatic carbocycles. The third-order valence-electron chi connectivity index (χ3n) is 6.45. The van der Waals surface area contributed by atoms with Gasteiger partial charge in [-0.05, 0) is 158 Å². The highest BCUT2D eigenvalue weighted by atomic mass is 16.6. The molecule has 0 radical (unpaired) electrons. The summed E-state index contributed by atoms with van der Waals surface area (Å²) < 4.78 is 30.7. The van der Waals surface area contributed by atoms with Gasteiger partial charge in [0.05, 0.1) is 0 Å². The number of aldehydes is 1. The summed E-state index contributed by atoms with van der Waals surface area (Å²) in [5.74, 6) is 4.04. The van der Waals surface area contributed by atoms with Crippen LogP contribution >= 0.6 is 0 Å². The molecule has 0 saturated carbocycles. The van der Waals surface area contributed by atoms with Crippen molar-refractivity contribution >= 4 is 54.2 Å². The van der Waals surface area contributed by atoms with Crippen molar-refractivity contribution in [2.45, 2.75) is 216 Å². The summed E-state index contributed by atoms with van der Waals surface area (Å²) in [5, 5.41) is 10.1.